The van der Waals surface area contributed by atoms with Crippen molar-refractivity contribution in [1.82, 2.24) is 4.98 Å². The molecule has 0 saturated carbocycles. The minimum Gasteiger partial charge on any atom is -0.373 e. The third-order valence-electron chi connectivity index (χ3n) is 2.72. The first-order chi connectivity index (χ1) is 9.08. The van der Waals surface area contributed by atoms with Crippen LogP contribution < -0.4 is 5.32 Å². The zero-order valence-corrected chi connectivity index (χ0v) is 11.0. The van der Waals surface area contributed by atoms with Gasteiger partial charge in [-0.05, 0) is 12.5 Å². The van der Waals surface area contributed by atoms with E-state index in [1.54, 1.807) is 0 Å². The molecule has 0 bridgehead atoms. The summed E-state index contributed by atoms with van der Waals surface area (Å²) in [4.78, 5) is 14.2. The van der Waals surface area contributed by atoms with E-state index in [1.807, 2.05) is 37.3 Å². The summed E-state index contributed by atoms with van der Waals surface area (Å²) in [7, 11) is 0. The molecule has 2 rings (SSSR count). The first-order valence-corrected chi connectivity index (χ1v) is 6.07. The second-order valence-electron chi connectivity index (χ2n) is 4.06. The minimum atomic E-state index is -0.483. The number of benzene rings is 1. The summed E-state index contributed by atoms with van der Waals surface area (Å²) in [5.74, 6) is 0. The van der Waals surface area contributed by atoms with Gasteiger partial charge in [0.25, 0.3) is 0 Å². The van der Waals surface area contributed by atoms with E-state index in [-0.39, 0.29) is 16.9 Å². The molecule has 1 atom stereocenters. The van der Waals surface area contributed by atoms with Crippen LogP contribution in [0.25, 0.3) is 0 Å². The van der Waals surface area contributed by atoms with Crippen molar-refractivity contribution < 1.29 is 4.92 Å². The molecule has 6 heteroatoms. The zero-order valence-electron chi connectivity index (χ0n) is 10.2. The first-order valence-electron chi connectivity index (χ1n) is 5.69. The lowest BCUT2D eigenvalue weighted by atomic mass is 10.1. The first kappa shape index (κ1) is 13.3. The Labute approximate surface area is 115 Å². The predicted octanol–water partition coefficient (Wildman–Crippen LogP) is 3.82. The van der Waals surface area contributed by atoms with Gasteiger partial charge >= 0.3 is 5.69 Å². The van der Waals surface area contributed by atoms with Crippen LogP contribution in [0.15, 0.2) is 42.6 Å². The average molecular weight is 278 g/mol. The van der Waals surface area contributed by atoms with Gasteiger partial charge in [-0.1, -0.05) is 41.9 Å². The van der Waals surface area contributed by atoms with Crippen molar-refractivity contribution in [1.29, 1.82) is 0 Å². The fraction of sp³-hybridized carbons (Fsp3) is 0.154. The second kappa shape index (κ2) is 5.67. The van der Waals surface area contributed by atoms with E-state index in [9.17, 15) is 10.1 Å². The standard InChI is InChI=1S/C13H12ClN3O2/c1-9(10-5-3-2-4-6-10)16-11-7-13(14)15-8-12(11)17(18)19/h2-9H,1H3,(H,15,16)/t9-/m0/s1. The molecule has 2 aromatic rings. The van der Waals surface area contributed by atoms with E-state index in [0.717, 1.165) is 11.8 Å². The fourth-order valence-electron chi connectivity index (χ4n) is 1.74. The highest BCUT2D eigenvalue weighted by Crippen LogP contribution is 2.29. The number of nitro groups is 1. The van der Waals surface area contributed by atoms with Gasteiger partial charge in [0.15, 0.2) is 0 Å². The van der Waals surface area contributed by atoms with Crippen molar-refractivity contribution in [3.63, 3.8) is 0 Å². The van der Waals surface area contributed by atoms with Gasteiger partial charge in [0.05, 0.1) is 4.92 Å². The van der Waals surface area contributed by atoms with E-state index in [2.05, 4.69) is 10.3 Å². The van der Waals surface area contributed by atoms with Gasteiger partial charge < -0.3 is 5.32 Å². The van der Waals surface area contributed by atoms with Crippen molar-refractivity contribution in [3.05, 3.63) is 63.4 Å². The monoisotopic (exact) mass is 277 g/mol. The van der Waals surface area contributed by atoms with Crippen LogP contribution in [-0.2, 0) is 0 Å². The molecule has 0 aliphatic carbocycles. The van der Waals surface area contributed by atoms with Gasteiger partial charge in [0.1, 0.15) is 17.0 Å². The van der Waals surface area contributed by atoms with Crippen LogP contribution in [0.2, 0.25) is 5.15 Å². The van der Waals surface area contributed by atoms with Gasteiger partial charge in [-0.2, -0.15) is 0 Å². The summed E-state index contributed by atoms with van der Waals surface area (Å²) in [5.41, 5.74) is 1.30. The van der Waals surface area contributed by atoms with Gasteiger partial charge in [0.2, 0.25) is 0 Å². The summed E-state index contributed by atoms with van der Waals surface area (Å²) < 4.78 is 0. The summed E-state index contributed by atoms with van der Waals surface area (Å²) in [6.45, 7) is 1.92. The molecule has 1 aromatic heterocycles. The molecule has 1 heterocycles. The number of aromatic nitrogens is 1. The van der Waals surface area contributed by atoms with Crippen molar-refractivity contribution in [2.45, 2.75) is 13.0 Å². The van der Waals surface area contributed by atoms with Crippen LogP contribution in [0, 0.1) is 10.1 Å². The summed E-state index contributed by atoms with van der Waals surface area (Å²) >= 11 is 5.78. The van der Waals surface area contributed by atoms with Gasteiger partial charge in [-0.25, -0.2) is 4.98 Å². The quantitative estimate of drug-likeness (QED) is 0.524. The average Bonchev–Trinajstić information content (AvgIpc) is 2.39. The Morgan fingerprint density at radius 3 is 2.68 bits per heavy atom. The minimum absolute atomic E-state index is 0.0710. The summed E-state index contributed by atoms with van der Waals surface area (Å²) in [6, 6.07) is 11.0. The van der Waals surface area contributed by atoms with Crippen LogP contribution in [0.5, 0.6) is 0 Å². The summed E-state index contributed by atoms with van der Waals surface area (Å²) in [6.07, 6.45) is 1.16. The van der Waals surface area contributed by atoms with Gasteiger partial charge in [-0.3, -0.25) is 10.1 Å². The van der Waals surface area contributed by atoms with E-state index in [4.69, 9.17) is 11.6 Å². The number of hydrogen-bond acceptors (Lipinski definition) is 4. The van der Waals surface area contributed by atoms with Crippen LogP contribution in [0.3, 0.4) is 0 Å². The molecule has 5 nitrogen and oxygen atoms in total. The Hall–Kier alpha value is -2.14. The van der Waals surface area contributed by atoms with Crippen LogP contribution in [-0.4, -0.2) is 9.91 Å². The Bertz CT molecular complexity index is 590. The Morgan fingerprint density at radius 1 is 1.37 bits per heavy atom. The van der Waals surface area contributed by atoms with Crippen molar-refractivity contribution in [2.75, 3.05) is 5.32 Å². The Balaban J connectivity index is 2.28. The molecule has 98 valence electrons. The molecule has 0 amide bonds. The second-order valence-corrected chi connectivity index (χ2v) is 4.45. The number of anilines is 1. The zero-order chi connectivity index (χ0) is 13.8. The predicted molar refractivity (Wildman–Crippen MR) is 74.4 cm³/mol. The number of halogens is 1. The maximum atomic E-state index is 10.9. The van der Waals surface area contributed by atoms with Crippen molar-refractivity contribution in [3.8, 4) is 0 Å². The highest BCUT2D eigenvalue weighted by Gasteiger charge is 2.17. The highest BCUT2D eigenvalue weighted by molar-refractivity contribution is 6.29. The molecule has 0 saturated heterocycles. The van der Waals surface area contributed by atoms with Crippen molar-refractivity contribution in [2.24, 2.45) is 0 Å². The Kier molecular flexibility index (Phi) is 3.97. The number of pyridine rings is 1. The lowest BCUT2D eigenvalue weighted by Crippen LogP contribution is -2.08. The SMILES string of the molecule is C[C@H](Nc1cc(Cl)ncc1[N+](=O)[O-])c1ccccc1. The topological polar surface area (TPSA) is 68.1 Å². The normalized spacial score (nSPS) is 11.9. The molecule has 1 N–H and O–H groups in total. The van der Waals surface area contributed by atoms with Crippen LogP contribution >= 0.6 is 11.6 Å². The van der Waals surface area contributed by atoms with Gasteiger partial charge in [-0.15, -0.1) is 0 Å². The molecule has 0 aliphatic heterocycles. The number of hydrogen-bond donors (Lipinski definition) is 1. The molecule has 0 radical (unpaired) electrons. The van der Waals surface area contributed by atoms with E-state index >= 15 is 0 Å². The van der Waals surface area contributed by atoms with E-state index in [0.29, 0.717) is 5.69 Å². The van der Waals surface area contributed by atoms with Crippen molar-refractivity contribution >= 4 is 23.0 Å². The number of nitrogens with zero attached hydrogens (tertiary/aromatic N) is 2. The fourth-order valence-corrected chi connectivity index (χ4v) is 1.90. The van der Waals surface area contributed by atoms with Crippen LogP contribution in [0.1, 0.15) is 18.5 Å². The Morgan fingerprint density at radius 2 is 2.05 bits per heavy atom. The van der Waals surface area contributed by atoms with E-state index < -0.39 is 4.92 Å². The third kappa shape index (κ3) is 3.20. The summed E-state index contributed by atoms with van der Waals surface area (Å²) in [5, 5.41) is 14.2. The molecule has 1 aromatic carbocycles. The lowest BCUT2D eigenvalue weighted by molar-refractivity contribution is -0.384. The number of rotatable bonds is 4. The van der Waals surface area contributed by atoms with Crippen LogP contribution in [0.4, 0.5) is 11.4 Å². The molecular weight excluding hydrogens is 266 g/mol. The molecule has 0 aliphatic rings. The maximum Gasteiger partial charge on any atom is 0.310 e. The maximum absolute atomic E-state index is 10.9. The smallest absolute Gasteiger partial charge is 0.310 e. The molecule has 0 spiro atoms. The highest BCUT2D eigenvalue weighted by atomic mass is 35.5. The molecular formula is C13H12ClN3O2. The van der Waals surface area contributed by atoms with Gasteiger partial charge in [0, 0.05) is 12.1 Å². The molecule has 0 unspecified atom stereocenters. The third-order valence-corrected chi connectivity index (χ3v) is 2.92. The molecule has 19 heavy (non-hydrogen) atoms. The lowest BCUT2D eigenvalue weighted by Gasteiger charge is -2.15. The molecule has 0 fully saturated rings. The number of nitrogens with one attached hydrogen (secondary N) is 1. The van der Waals surface area contributed by atoms with E-state index in [1.165, 1.54) is 6.07 Å². The largest absolute Gasteiger partial charge is 0.373 e.